The monoisotopic (exact) mass is 487 g/mol. The first-order chi connectivity index (χ1) is 16.9. The summed E-state index contributed by atoms with van der Waals surface area (Å²) < 4.78 is 6.59. The number of aromatic nitrogens is 3. The molecule has 4 aliphatic rings. The highest BCUT2D eigenvalue weighted by atomic mass is 16.5. The standard InChI is InChI=1S/C24H33N5O6/c30-17-3-4-18(31)20-19(17)23(32)21-22(24(20)33)28(29(34)25-21)11-10-27-8-5-16(6-9-27)2-1-7-26-12-14-35-15-13-26/h3-4,16,19-20,30-31H,1-2,5-15H2. The van der Waals surface area contributed by atoms with E-state index in [0.29, 0.717) is 12.5 Å². The summed E-state index contributed by atoms with van der Waals surface area (Å²) in [6.07, 6.45) is 7.04. The smallest absolute Gasteiger partial charge is 0.211 e. The summed E-state index contributed by atoms with van der Waals surface area (Å²) in [4.78, 5) is 31.1. The van der Waals surface area contributed by atoms with Crippen LogP contribution in [0.2, 0.25) is 0 Å². The summed E-state index contributed by atoms with van der Waals surface area (Å²) >= 11 is 0. The zero-order valence-electron chi connectivity index (χ0n) is 19.8. The average molecular weight is 488 g/mol. The minimum absolute atomic E-state index is 0.0844. The third-order valence-corrected chi connectivity index (χ3v) is 7.83. The molecule has 0 aromatic carbocycles. The Kier molecular flexibility index (Phi) is 6.90. The Bertz CT molecular complexity index is 1040. The minimum atomic E-state index is -1.23. The van der Waals surface area contributed by atoms with Crippen molar-refractivity contribution >= 4 is 11.6 Å². The second-order valence-corrected chi connectivity index (χ2v) is 9.92. The van der Waals surface area contributed by atoms with Gasteiger partial charge in [-0.1, -0.05) is 0 Å². The average Bonchev–Trinajstić information content (AvgIpc) is 3.20. The van der Waals surface area contributed by atoms with E-state index in [1.54, 1.807) is 0 Å². The highest BCUT2D eigenvalue weighted by Gasteiger charge is 2.52. The van der Waals surface area contributed by atoms with Crippen LogP contribution in [0.15, 0.2) is 23.7 Å². The molecule has 5 rings (SSSR count). The van der Waals surface area contributed by atoms with Gasteiger partial charge in [-0.15, -0.1) is 4.68 Å². The number of piperidine rings is 1. The van der Waals surface area contributed by atoms with Crippen molar-refractivity contribution in [3.8, 4) is 0 Å². The van der Waals surface area contributed by atoms with Crippen molar-refractivity contribution in [2.75, 3.05) is 52.5 Å². The first kappa shape index (κ1) is 24.0. The van der Waals surface area contributed by atoms with Crippen LogP contribution in [0.4, 0.5) is 0 Å². The lowest BCUT2D eigenvalue weighted by Crippen LogP contribution is -2.45. The van der Waals surface area contributed by atoms with Gasteiger partial charge in [0.15, 0.2) is 11.5 Å². The third kappa shape index (κ3) is 4.72. The van der Waals surface area contributed by atoms with E-state index < -0.39 is 23.4 Å². The van der Waals surface area contributed by atoms with Crippen LogP contribution in [-0.4, -0.2) is 93.8 Å². The fraction of sp³-hybridized carbons (Fsp3) is 0.667. The van der Waals surface area contributed by atoms with Crippen LogP contribution in [0.5, 0.6) is 0 Å². The molecule has 1 aromatic heterocycles. The number of ether oxygens (including phenoxy) is 1. The van der Waals surface area contributed by atoms with E-state index in [0.717, 1.165) is 58.8 Å². The molecule has 2 aliphatic carbocycles. The van der Waals surface area contributed by atoms with Gasteiger partial charge in [-0.05, 0) is 63.4 Å². The molecule has 1 aromatic rings. The molecule has 11 nitrogen and oxygen atoms in total. The minimum Gasteiger partial charge on any atom is -0.571 e. The SMILES string of the molecule is O=C1c2n[n+]([O-])n(CCN3CCC(CCCN4CCOCC4)CC3)c2C(=O)C2C(O)=CC=C(O)C12. The largest absolute Gasteiger partial charge is 0.571 e. The van der Waals surface area contributed by atoms with Gasteiger partial charge in [0.05, 0.1) is 31.6 Å². The molecule has 2 fully saturated rings. The molecular weight excluding hydrogens is 454 g/mol. The van der Waals surface area contributed by atoms with Crippen molar-refractivity contribution in [1.82, 2.24) is 19.6 Å². The summed E-state index contributed by atoms with van der Waals surface area (Å²) in [5.41, 5.74) is -0.321. The molecule has 2 atom stereocenters. The number of allylic oxidation sites excluding steroid dienone is 4. The summed E-state index contributed by atoms with van der Waals surface area (Å²) in [6.45, 7) is 7.49. The Balaban J connectivity index is 1.16. The number of Topliss-reactive ketones (excluding diaryl/α,β-unsaturated/α-hetero) is 2. The molecule has 3 heterocycles. The molecule has 2 N–H and O–H groups in total. The summed E-state index contributed by atoms with van der Waals surface area (Å²) in [5, 5.41) is 36.6. The number of morpholine rings is 1. The summed E-state index contributed by atoms with van der Waals surface area (Å²) in [5.74, 6) is -3.54. The van der Waals surface area contributed by atoms with Gasteiger partial charge in [0.2, 0.25) is 11.5 Å². The van der Waals surface area contributed by atoms with Gasteiger partial charge < -0.3 is 25.1 Å². The lowest BCUT2D eigenvalue weighted by Gasteiger charge is -2.32. The fourth-order valence-corrected chi connectivity index (χ4v) is 5.75. The Morgan fingerprint density at radius 2 is 1.57 bits per heavy atom. The zero-order chi connectivity index (χ0) is 24.5. The normalized spacial score (nSPS) is 26.3. The van der Waals surface area contributed by atoms with Gasteiger partial charge in [-0.2, -0.15) is 0 Å². The van der Waals surface area contributed by atoms with Crippen LogP contribution in [0.1, 0.15) is 46.7 Å². The van der Waals surface area contributed by atoms with Gasteiger partial charge in [0.25, 0.3) is 0 Å². The third-order valence-electron chi connectivity index (χ3n) is 7.83. The van der Waals surface area contributed by atoms with Crippen LogP contribution >= 0.6 is 0 Å². The van der Waals surface area contributed by atoms with Crippen LogP contribution in [0.3, 0.4) is 0 Å². The van der Waals surface area contributed by atoms with Gasteiger partial charge in [-0.3, -0.25) is 14.5 Å². The number of ketones is 2. The first-order valence-electron chi connectivity index (χ1n) is 12.5. The predicted molar refractivity (Wildman–Crippen MR) is 124 cm³/mol. The quantitative estimate of drug-likeness (QED) is 0.424. The molecule has 0 radical (unpaired) electrons. The molecule has 0 spiro atoms. The second kappa shape index (κ2) is 10.1. The number of rotatable bonds is 7. The lowest BCUT2D eigenvalue weighted by atomic mass is 9.73. The number of aliphatic hydroxyl groups is 2. The molecule has 11 heteroatoms. The van der Waals surface area contributed by atoms with Crippen molar-refractivity contribution in [2.24, 2.45) is 17.8 Å². The molecule has 35 heavy (non-hydrogen) atoms. The van der Waals surface area contributed by atoms with Crippen molar-refractivity contribution in [3.05, 3.63) is 40.3 Å². The van der Waals surface area contributed by atoms with Crippen molar-refractivity contribution in [1.29, 1.82) is 0 Å². The van der Waals surface area contributed by atoms with Crippen molar-refractivity contribution in [2.45, 2.75) is 32.2 Å². The van der Waals surface area contributed by atoms with E-state index in [1.807, 2.05) is 0 Å². The number of carbonyl (C=O) groups is 2. The number of likely N-dealkylation sites (tertiary alicyclic amines) is 1. The lowest BCUT2D eigenvalue weighted by molar-refractivity contribution is -0.749. The Labute approximate surface area is 203 Å². The van der Waals surface area contributed by atoms with E-state index in [9.17, 15) is 25.0 Å². The molecule has 2 aliphatic heterocycles. The van der Waals surface area contributed by atoms with Crippen LogP contribution in [0, 0.1) is 23.0 Å². The number of fused-ring (bicyclic) bond motifs is 2. The number of carbonyl (C=O) groups excluding carboxylic acids is 2. The molecule has 2 unspecified atom stereocenters. The molecule has 190 valence electrons. The van der Waals surface area contributed by atoms with Crippen LogP contribution in [0.25, 0.3) is 0 Å². The van der Waals surface area contributed by atoms with E-state index in [4.69, 9.17) is 4.74 Å². The van der Waals surface area contributed by atoms with E-state index in [1.165, 1.54) is 29.7 Å². The topological polar surface area (TPSA) is 135 Å². The maximum absolute atomic E-state index is 13.2. The molecule has 2 saturated heterocycles. The first-order valence-corrected chi connectivity index (χ1v) is 12.5. The predicted octanol–water partition coefficient (Wildman–Crippen LogP) is 0.850. The maximum Gasteiger partial charge on any atom is 0.211 e. The van der Waals surface area contributed by atoms with Crippen molar-refractivity contribution < 1.29 is 29.5 Å². The van der Waals surface area contributed by atoms with Crippen LogP contribution in [-0.2, 0) is 11.3 Å². The van der Waals surface area contributed by atoms with Gasteiger partial charge >= 0.3 is 0 Å². The number of hydrogen-bond acceptors (Lipinski definition) is 9. The van der Waals surface area contributed by atoms with Crippen LogP contribution < -0.4 is 4.96 Å². The highest BCUT2D eigenvalue weighted by Crippen LogP contribution is 2.38. The second-order valence-electron chi connectivity index (χ2n) is 9.92. The number of hydrogen-bond donors (Lipinski definition) is 2. The Morgan fingerprint density at radius 1 is 0.943 bits per heavy atom. The van der Waals surface area contributed by atoms with Gasteiger partial charge in [0, 0.05) is 29.7 Å². The zero-order valence-corrected chi connectivity index (χ0v) is 19.8. The molecule has 0 bridgehead atoms. The Hall–Kier alpha value is -2.76. The van der Waals surface area contributed by atoms with E-state index >= 15 is 0 Å². The summed E-state index contributed by atoms with van der Waals surface area (Å²) in [6, 6.07) is 0. The summed E-state index contributed by atoms with van der Waals surface area (Å²) in [7, 11) is 0. The number of aliphatic hydroxyl groups excluding tert-OH is 2. The molecule has 0 amide bonds. The van der Waals surface area contributed by atoms with Gasteiger partial charge in [-0.25, -0.2) is 0 Å². The highest BCUT2D eigenvalue weighted by molar-refractivity contribution is 6.15. The van der Waals surface area contributed by atoms with E-state index in [2.05, 4.69) is 14.9 Å². The van der Waals surface area contributed by atoms with Crippen molar-refractivity contribution in [3.63, 3.8) is 0 Å². The molecular formula is C24H33N5O6. The van der Waals surface area contributed by atoms with Gasteiger partial charge in [0.1, 0.15) is 11.5 Å². The fourth-order valence-electron chi connectivity index (χ4n) is 5.75. The number of nitrogens with zero attached hydrogens (tertiary/aromatic N) is 5. The Morgan fingerprint density at radius 3 is 2.26 bits per heavy atom. The molecule has 0 saturated carbocycles. The van der Waals surface area contributed by atoms with E-state index in [-0.39, 0.29) is 34.4 Å². The maximum atomic E-state index is 13.2.